The van der Waals surface area contributed by atoms with Crippen molar-refractivity contribution in [3.05, 3.63) is 64.1 Å². The smallest absolute Gasteiger partial charge is 0.344 e. The molecule has 1 aromatic heterocycles. The number of aromatic amines is 1. The van der Waals surface area contributed by atoms with Crippen LogP contribution in [0.15, 0.2) is 47.3 Å². The number of H-pyrrole nitrogens is 1. The zero-order valence-electron chi connectivity index (χ0n) is 13.8. The van der Waals surface area contributed by atoms with E-state index in [1.165, 1.54) is 19.2 Å². The molecule has 0 aliphatic carbocycles. The van der Waals surface area contributed by atoms with Gasteiger partial charge >= 0.3 is 5.97 Å². The number of aromatic nitrogens is 1. The molecule has 5 nitrogen and oxygen atoms in total. The van der Waals surface area contributed by atoms with Crippen LogP contribution in [0, 0.1) is 5.82 Å². The number of methoxy groups -OCH3 is 1. The van der Waals surface area contributed by atoms with Gasteiger partial charge in [0, 0.05) is 16.5 Å². The van der Waals surface area contributed by atoms with Crippen molar-refractivity contribution in [1.82, 2.24) is 4.98 Å². The fourth-order valence-electron chi connectivity index (χ4n) is 2.65. The summed E-state index contributed by atoms with van der Waals surface area (Å²) in [6.45, 7) is 1.77. The van der Waals surface area contributed by atoms with E-state index in [4.69, 9.17) is 9.47 Å². The van der Waals surface area contributed by atoms with Gasteiger partial charge in [0.25, 0.3) is 0 Å². The van der Waals surface area contributed by atoms with Crippen molar-refractivity contribution in [2.24, 2.45) is 0 Å². The normalized spacial score (nSPS) is 10.7. The largest absolute Gasteiger partial charge is 0.497 e. The first-order valence-corrected chi connectivity index (χ1v) is 7.72. The van der Waals surface area contributed by atoms with Gasteiger partial charge in [-0.05, 0) is 37.3 Å². The highest BCUT2D eigenvalue weighted by molar-refractivity contribution is 6.00. The summed E-state index contributed by atoms with van der Waals surface area (Å²) in [5.41, 5.74) is 0.585. The van der Waals surface area contributed by atoms with Crippen LogP contribution >= 0.6 is 0 Å². The van der Waals surface area contributed by atoms with Crippen LogP contribution in [0.3, 0.4) is 0 Å². The minimum atomic E-state index is -0.757. The van der Waals surface area contributed by atoms with Crippen molar-refractivity contribution in [2.45, 2.75) is 6.92 Å². The predicted molar refractivity (Wildman–Crippen MR) is 92.5 cm³/mol. The van der Waals surface area contributed by atoms with E-state index < -0.39 is 17.2 Å². The third kappa shape index (κ3) is 3.10. The molecule has 0 radical (unpaired) electrons. The van der Waals surface area contributed by atoms with Crippen molar-refractivity contribution >= 4 is 16.9 Å². The molecule has 1 heterocycles. The number of nitrogens with one attached hydrogen (secondary N) is 1. The van der Waals surface area contributed by atoms with E-state index in [2.05, 4.69) is 4.98 Å². The molecule has 25 heavy (non-hydrogen) atoms. The summed E-state index contributed by atoms with van der Waals surface area (Å²) in [6, 6.07) is 10.8. The van der Waals surface area contributed by atoms with E-state index in [0.29, 0.717) is 22.5 Å². The number of pyridine rings is 1. The Morgan fingerprint density at radius 1 is 1.20 bits per heavy atom. The lowest BCUT2D eigenvalue weighted by Crippen LogP contribution is -2.20. The summed E-state index contributed by atoms with van der Waals surface area (Å²) in [5.74, 6) is -0.734. The standard InChI is InChI=1S/C19H16FNO4/c1-3-25-19(23)16-17(11-5-4-6-13(9-11)24-2)21-15-8-7-12(20)10-14(15)18(16)22/h4-10H,3H2,1-2H3,(H,21,22). The number of carbonyl (C=O) groups excluding carboxylic acids is 1. The summed E-state index contributed by atoms with van der Waals surface area (Å²) in [4.78, 5) is 28.2. The highest BCUT2D eigenvalue weighted by Gasteiger charge is 2.21. The fraction of sp³-hybridized carbons (Fsp3) is 0.158. The number of halogens is 1. The zero-order valence-corrected chi connectivity index (χ0v) is 13.8. The van der Waals surface area contributed by atoms with Gasteiger partial charge in [-0.15, -0.1) is 0 Å². The molecule has 0 aliphatic heterocycles. The van der Waals surface area contributed by atoms with Crippen molar-refractivity contribution in [1.29, 1.82) is 0 Å². The molecular formula is C19H16FNO4. The lowest BCUT2D eigenvalue weighted by molar-refractivity contribution is 0.0525. The second-order valence-corrected chi connectivity index (χ2v) is 5.35. The Labute approximate surface area is 143 Å². The molecule has 0 saturated carbocycles. The number of rotatable bonds is 4. The van der Waals surface area contributed by atoms with Crippen LogP contribution in [-0.4, -0.2) is 24.7 Å². The highest BCUT2D eigenvalue weighted by Crippen LogP contribution is 2.26. The monoisotopic (exact) mass is 341 g/mol. The maximum atomic E-state index is 13.5. The van der Waals surface area contributed by atoms with Gasteiger partial charge < -0.3 is 14.5 Å². The van der Waals surface area contributed by atoms with E-state index in [0.717, 1.165) is 6.07 Å². The number of benzene rings is 2. The number of hydrogen-bond acceptors (Lipinski definition) is 4. The summed E-state index contributed by atoms with van der Waals surface area (Å²) in [5, 5.41) is 0.0923. The van der Waals surface area contributed by atoms with Crippen LogP contribution in [0.5, 0.6) is 5.75 Å². The second-order valence-electron chi connectivity index (χ2n) is 5.35. The minimum absolute atomic E-state index is 0.0923. The third-order valence-electron chi connectivity index (χ3n) is 3.80. The molecule has 128 valence electrons. The molecule has 6 heteroatoms. The molecule has 0 spiro atoms. The Balaban J connectivity index is 2.35. The topological polar surface area (TPSA) is 68.4 Å². The van der Waals surface area contributed by atoms with Gasteiger partial charge in [-0.25, -0.2) is 9.18 Å². The molecule has 0 amide bonds. The average Bonchev–Trinajstić information content (AvgIpc) is 2.62. The molecule has 3 aromatic rings. The van der Waals surface area contributed by atoms with Crippen LogP contribution in [0.1, 0.15) is 17.3 Å². The molecule has 3 rings (SSSR count). The number of carbonyl (C=O) groups is 1. The van der Waals surface area contributed by atoms with E-state index in [1.54, 1.807) is 31.2 Å². The number of ether oxygens (including phenoxy) is 2. The summed E-state index contributed by atoms with van der Waals surface area (Å²) < 4.78 is 23.8. The molecule has 2 aromatic carbocycles. The van der Waals surface area contributed by atoms with Gasteiger partial charge in [-0.3, -0.25) is 4.79 Å². The van der Waals surface area contributed by atoms with E-state index in [1.807, 2.05) is 0 Å². The number of fused-ring (bicyclic) bond motifs is 1. The summed E-state index contributed by atoms with van der Waals surface area (Å²) in [7, 11) is 1.53. The first-order valence-electron chi connectivity index (χ1n) is 7.72. The zero-order chi connectivity index (χ0) is 18.0. The predicted octanol–water partition coefficient (Wildman–Crippen LogP) is 3.52. The minimum Gasteiger partial charge on any atom is -0.497 e. The molecule has 0 unspecified atom stereocenters. The lowest BCUT2D eigenvalue weighted by Gasteiger charge is -2.12. The van der Waals surface area contributed by atoms with Crippen molar-refractivity contribution < 1.29 is 18.7 Å². The Hall–Kier alpha value is -3.15. The molecule has 0 aliphatic rings. The maximum Gasteiger partial charge on any atom is 0.344 e. The second kappa shape index (κ2) is 6.76. The Morgan fingerprint density at radius 3 is 2.72 bits per heavy atom. The van der Waals surface area contributed by atoms with Gasteiger partial charge in [0.05, 0.1) is 19.4 Å². The van der Waals surface area contributed by atoms with Gasteiger partial charge in [-0.2, -0.15) is 0 Å². The Kier molecular flexibility index (Phi) is 4.52. The molecule has 0 saturated heterocycles. The van der Waals surface area contributed by atoms with Gasteiger partial charge in [0.2, 0.25) is 5.43 Å². The molecule has 0 fully saturated rings. The lowest BCUT2D eigenvalue weighted by atomic mass is 10.0. The number of hydrogen-bond donors (Lipinski definition) is 1. The van der Waals surface area contributed by atoms with Crippen LogP contribution in [0.4, 0.5) is 4.39 Å². The van der Waals surface area contributed by atoms with Crippen LogP contribution in [-0.2, 0) is 4.74 Å². The van der Waals surface area contributed by atoms with Gasteiger partial charge in [-0.1, -0.05) is 12.1 Å². The fourth-order valence-corrected chi connectivity index (χ4v) is 2.65. The van der Waals surface area contributed by atoms with Crippen molar-refractivity contribution in [3.8, 4) is 17.0 Å². The van der Waals surface area contributed by atoms with Gasteiger partial charge in [0.1, 0.15) is 17.1 Å². The maximum absolute atomic E-state index is 13.5. The number of esters is 1. The molecular weight excluding hydrogens is 325 g/mol. The van der Waals surface area contributed by atoms with Crippen molar-refractivity contribution in [2.75, 3.05) is 13.7 Å². The quantitative estimate of drug-likeness (QED) is 0.737. The highest BCUT2D eigenvalue weighted by atomic mass is 19.1. The van der Waals surface area contributed by atoms with Crippen LogP contribution in [0.25, 0.3) is 22.2 Å². The molecule has 1 N–H and O–H groups in total. The van der Waals surface area contributed by atoms with Gasteiger partial charge in [0.15, 0.2) is 0 Å². The summed E-state index contributed by atoms with van der Waals surface area (Å²) >= 11 is 0. The average molecular weight is 341 g/mol. The van der Waals surface area contributed by atoms with Crippen molar-refractivity contribution in [3.63, 3.8) is 0 Å². The third-order valence-corrected chi connectivity index (χ3v) is 3.80. The first-order chi connectivity index (χ1) is 12.0. The molecule has 0 atom stereocenters. The van der Waals surface area contributed by atoms with E-state index in [9.17, 15) is 14.0 Å². The summed E-state index contributed by atoms with van der Waals surface area (Å²) in [6.07, 6.45) is 0. The molecule has 0 bridgehead atoms. The first kappa shape index (κ1) is 16.7. The Bertz CT molecular complexity index is 1010. The Morgan fingerprint density at radius 2 is 2.00 bits per heavy atom. The SMILES string of the molecule is CCOC(=O)c1c(-c2cccc(OC)c2)[nH]c2ccc(F)cc2c1=O. The van der Waals surface area contributed by atoms with Crippen LogP contribution in [0.2, 0.25) is 0 Å². The van der Waals surface area contributed by atoms with E-state index >= 15 is 0 Å². The van der Waals surface area contributed by atoms with E-state index in [-0.39, 0.29) is 17.6 Å². The van der Waals surface area contributed by atoms with Crippen LogP contribution < -0.4 is 10.2 Å².